The minimum atomic E-state index is -0.00900. The normalized spacial score (nSPS) is 10.5. The Morgan fingerprint density at radius 2 is 1.79 bits per heavy atom. The molecule has 19 heavy (non-hydrogen) atoms. The fourth-order valence-electron chi connectivity index (χ4n) is 2.07. The first-order valence-corrected chi connectivity index (χ1v) is 6.70. The summed E-state index contributed by atoms with van der Waals surface area (Å²) >= 11 is 0. The van der Waals surface area contributed by atoms with Gasteiger partial charge in [0.15, 0.2) is 0 Å². The zero-order valence-electron chi connectivity index (χ0n) is 11.5. The maximum atomic E-state index is 9.35. The van der Waals surface area contributed by atoms with Gasteiger partial charge >= 0.3 is 0 Å². The lowest BCUT2D eigenvalue weighted by Gasteiger charge is -2.11. The van der Waals surface area contributed by atoms with Gasteiger partial charge in [0.1, 0.15) is 11.5 Å². The van der Waals surface area contributed by atoms with E-state index >= 15 is 0 Å². The zero-order chi connectivity index (χ0) is 13.7. The minimum absolute atomic E-state index is 0.00900. The maximum Gasteiger partial charge on any atom is 0.132 e. The van der Waals surface area contributed by atoms with Crippen molar-refractivity contribution in [2.75, 3.05) is 0 Å². The van der Waals surface area contributed by atoms with Gasteiger partial charge in [0.25, 0.3) is 0 Å². The van der Waals surface area contributed by atoms with Gasteiger partial charge in [-0.2, -0.15) is 0 Å². The van der Waals surface area contributed by atoms with E-state index in [1.807, 2.05) is 37.3 Å². The first-order valence-electron chi connectivity index (χ1n) is 6.70. The molecule has 0 radical (unpaired) electrons. The average Bonchev–Trinajstić information content (AvgIpc) is 2.43. The second-order valence-electron chi connectivity index (χ2n) is 4.77. The van der Waals surface area contributed by atoms with Crippen molar-refractivity contribution in [2.45, 2.75) is 33.3 Å². The summed E-state index contributed by atoms with van der Waals surface area (Å²) in [6, 6.07) is 14.0. The molecule has 2 aromatic rings. The third-order valence-corrected chi connectivity index (χ3v) is 3.08. The third kappa shape index (κ3) is 3.58. The molecule has 100 valence electrons. The largest absolute Gasteiger partial charge is 0.457 e. The molecule has 0 aliphatic heterocycles. The van der Waals surface area contributed by atoms with Crippen LogP contribution in [0.5, 0.6) is 11.5 Å². The monoisotopic (exact) mass is 256 g/mol. The smallest absolute Gasteiger partial charge is 0.132 e. The van der Waals surface area contributed by atoms with Gasteiger partial charge in [-0.05, 0) is 37.1 Å². The molecule has 0 aromatic heterocycles. The molecule has 0 fully saturated rings. The molecule has 0 heterocycles. The first-order chi connectivity index (χ1) is 9.22. The van der Waals surface area contributed by atoms with Crippen molar-refractivity contribution in [1.82, 2.24) is 0 Å². The quantitative estimate of drug-likeness (QED) is 0.867. The van der Waals surface area contributed by atoms with Gasteiger partial charge in [-0.1, -0.05) is 43.2 Å². The fourth-order valence-corrected chi connectivity index (χ4v) is 2.07. The summed E-state index contributed by atoms with van der Waals surface area (Å²) in [5.41, 5.74) is 3.26. The van der Waals surface area contributed by atoms with E-state index in [-0.39, 0.29) is 6.61 Å². The van der Waals surface area contributed by atoms with Crippen LogP contribution in [0.1, 0.15) is 30.0 Å². The van der Waals surface area contributed by atoms with Crippen molar-refractivity contribution < 1.29 is 9.84 Å². The highest BCUT2D eigenvalue weighted by atomic mass is 16.5. The molecule has 0 saturated heterocycles. The highest BCUT2D eigenvalue weighted by molar-refractivity contribution is 5.40. The highest BCUT2D eigenvalue weighted by Crippen LogP contribution is 2.26. The van der Waals surface area contributed by atoms with Crippen LogP contribution < -0.4 is 4.74 Å². The number of hydrogen-bond acceptors (Lipinski definition) is 2. The van der Waals surface area contributed by atoms with E-state index in [2.05, 4.69) is 19.1 Å². The Labute approximate surface area is 114 Å². The van der Waals surface area contributed by atoms with Crippen molar-refractivity contribution in [3.8, 4) is 11.5 Å². The predicted molar refractivity (Wildman–Crippen MR) is 77.6 cm³/mol. The lowest BCUT2D eigenvalue weighted by molar-refractivity contribution is 0.276. The third-order valence-electron chi connectivity index (χ3n) is 3.08. The number of aliphatic hydroxyl groups is 1. The van der Waals surface area contributed by atoms with E-state index in [9.17, 15) is 5.11 Å². The number of rotatable bonds is 5. The Morgan fingerprint density at radius 3 is 2.42 bits per heavy atom. The molecule has 0 saturated carbocycles. The summed E-state index contributed by atoms with van der Waals surface area (Å²) in [5.74, 6) is 1.52. The Hall–Kier alpha value is -1.80. The van der Waals surface area contributed by atoms with Crippen molar-refractivity contribution >= 4 is 0 Å². The lowest BCUT2D eigenvalue weighted by Crippen LogP contribution is -1.93. The van der Waals surface area contributed by atoms with Gasteiger partial charge in [-0.3, -0.25) is 0 Å². The molecule has 2 rings (SSSR count). The number of hydrogen-bond donors (Lipinski definition) is 1. The van der Waals surface area contributed by atoms with E-state index in [1.54, 1.807) is 0 Å². The molecule has 2 aromatic carbocycles. The molecule has 2 nitrogen and oxygen atoms in total. The summed E-state index contributed by atoms with van der Waals surface area (Å²) in [4.78, 5) is 0. The Kier molecular flexibility index (Phi) is 4.58. The second-order valence-corrected chi connectivity index (χ2v) is 4.77. The van der Waals surface area contributed by atoms with E-state index in [0.29, 0.717) is 0 Å². The molecule has 0 unspecified atom stereocenters. The van der Waals surface area contributed by atoms with Gasteiger partial charge < -0.3 is 9.84 Å². The number of benzene rings is 2. The van der Waals surface area contributed by atoms with E-state index < -0.39 is 0 Å². The molecule has 0 bridgehead atoms. The van der Waals surface area contributed by atoms with E-state index in [4.69, 9.17) is 4.74 Å². The fraction of sp³-hybridized carbons (Fsp3) is 0.294. The van der Waals surface area contributed by atoms with Gasteiger partial charge in [0.05, 0.1) is 6.61 Å². The minimum Gasteiger partial charge on any atom is -0.457 e. The van der Waals surface area contributed by atoms with Crippen LogP contribution >= 0.6 is 0 Å². The number of ether oxygens (including phenoxy) is 1. The van der Waals surface area contributed by atoms with Crippen LogP contribution in [0.15, 0.2) is 42.5 Å². The number of aliphatic hydroxyl groups excluding tert-OH is 1. The summed E-state index contributed by atoms with van der Waals surface area (Å²) < 4.78 is 5.83. The molecule has 1 N–H and O–H groups in total. The first kappa shape index (κ1) is 13.6. The van der Waals surface area contributed by atoms with Crippen LogP contribution in [-0.4, -0.2) is 5.11 Å². The van der Waals surface area contributed by atoms with Gasteiger partial charge in [0, 0.05) is 5.56 Å². The molecular formula is C17H20O2. The Balaban J connectivity index is 2.16. The molecule has 0 spiro atoms. The Morgan fingerprint density at radius 1 is 1.05 bits per heavy atom. The van der Waals surface area contributed by atoms with Crippen LogP contribution in [-0.2, 0) is 13.0 Å². The predicted octanol–water partition coefficient (Wildman–Crippen LogP) is 4.23. The molecule has 0 amide bonds. The van der Waals surface area contributed by atoms with E-state index in [0.717, 1.165) is 35.5 Å². The van der Waals surface area contributed by atoms with Crippen molar-refractivity contribution in [1.29, 1.82) is 0 Å². The van der Waals surface area contributed by atoms with Crippen LogP contribution in [0.3, 0.4) is 0 Å². The molecule has 0 aliphatic carbocycles. The van der Waals surface area contributed by atoms with Crippen molar-refractivity contribution in [3.05, 3.63) is 59.2 Å². The SMILES string of the molecule is CCCc1ccc(Oc2ccc(C)cc2CO)cc1. The van der Waals surface area contributed by atoms with Crippen LogP contribution in [0.2, 0.25) is 0 Å². The van der Waals surface area contributed by atoms with Crippen LogP contribution in [0, 0.1) is 6.92 Å². The van der Waals surface area contributed by atoms with E-state index in [1.165, 1.54) is 5.56 Å². The number of aryl methyl sites for hydroxylation is 2. The summed E-state index contributed by atoms with van der Waals surface area (Å²) in [5, 5.41) is 9.35. The standard InChI is InChI=1S/C17H20O2/c1-3-4-14-6-8-16(9-7-14)19-17-10-5-13(2)11-15(17)12-18/h5-11,18H,3-4,12H2,1-2H3. The van der Waals surface area contributed by atoms with Gasteiger partial charge in [0.2, 0.25) is 0 Å². The second kappa shape index (κ2) is 6.39. The molecule has 0 aliphatic rings. The lowest BCUT2D eigenvalue weighted by atomic mass is 10.1. The topological polar surface area (TPSA) is 29.5 Å². The average molecular weight is 256 g/mol. The molecular weight excluding hydrogens is 236 g/mol. The summed E-state index contributed by atoms with van der Waals surface area (Å²) in [7, 11) is 0. The van der Waals surface area contributed by atoms with Crippen LogP contribution in [0.4, 0.5) is 0 Å². The Bertz CT molecular complexity index is 529. The molecule has 2 heteroatoms. The highest BCUT2D eigenvalue weighted by Gasteiger charge is 2.04. The summed E-state index contributed by atoms with van der Waals surface area (Å²) in [6.45, 7) is 4.16. The maximum absolute atomic E-state index is 9.35. The molecule has 0 atom stereocenters. The van der Waals surface area contributed by atoms with Crippen molar-refractivity contribution in [2.24, 2.45) is 0 Å². The van der Waals surface area contributed by atoms with Gasteiger partial charge in [-0.15, -0.1) is 0 Å². The van der Waals surface area contributed by atoms with Crippen LogP contribution in [0.25, 0.3) is 0 Å². The van der Waals surface area contributed by atoms with Gasteiger partial charge in [-0.25, -0.2) is 0 Å². The van der Waals surface area contributed by atoms with Crippen molar-refractivity contribution in [3.63, 3.8) is 0 Å². The summed E-state index contributed by atoms with van der Waals surface area (Å²) in [6.07, 6.45) is 2.24. The zero-order valence-corrected chi connectivity index (χ0v) is 11.5.